The molecule has 2 heterocycles. The van der Waals surface area contributed by atoms with E-state index in [0.29, 0.717) is 34.0 Å². The van der Waals surface area contributed by atoms with Gasteiger partial charge in [0.2, 0.25) is 0 Å². The minimum atomic E-state index is -4.97. The van der Waals surface area contributed by atoms with Gasteiger partial charge in [0.15, 0.2) is 0 Å². The standard InChI is InChI=1S/C28H19ClF6N2O2/c1-16-10-18(6-8-36-16)25-14-22(21-4-2-3-5-24(21)29)23(15-37-25)26(38)39-9-7-17-11-19(27(30,31)32)13-20(12-17)28(33,34)35/h2-6,8,10-15H,7,9H2,1H3. The van der Waals surface area contributed by atoms with Gasteiger partial charge in [-0.05, 0) is 55.0 Å². The Bertz CT molecular complexity index is 1490. The van der Waals surface area contributed by atoms with Crippen LogP contribution in [-0.4, -0.2) is 22.5 Å². The molecule has 0 aliphatic rings. The zero-order chi connectivity index (χ0) is 28.4. The maximum atomic E-state index is 13.1. The molecule has 39 heavy (non-hydrogen) atoms. The molecular weight excluding hydrogens is 546 g/mol. The first kappa shape index (κ1) is 28.1. The van der Waals surface area contributed by atoms with Gasteiger partial charge in [0.05, 0.1) is 29.0 Å². The number of nitrogens with zero attached hydrogens (tertiary/aromatic N) is 2. The number of aryl methyl sites for hydroxylation is 1. The van der Waals surface area contributed by atoms with E-state index in [1.807, 2.05) is 6.92 Å². The van der Waals surface area contributed by atoms with Crippen molar-refractivity contribution >= 4 is 17.6 Å². The summed E-state index contributed by atoms with van der Waals surface area (Å²) in [5.41, 5.74) is -0.222. The van der Waals surface area contributed by atoms with E-state index < -0.39 is 36.1 Å². The summed E-state index contributed by atoms with van der Waals surface area (Å²) >= 11 is 6.38. The number of esters is 1. The Morgan fingerprint density at radius 2 is 1.54 bits per heavy atom. The molecule has 11 heteroatoms. The van der Waals surface area contributed by atoms with Crippen LogP contribution in [0.5, 0.6) is 0 Å². The van der Waals surface area contributed by atoms with Crippen LogP contribution in [0.4, 0.5) is 26.3 Å². The van der Waals surface area contributed by atoms with E-state index in [1.54, 1.807) is 48.7 Å². The summed E-state index contributed by atoms with van der Waals surface area (Å²) < 4.78 is 84.2. The summed E-state index contributed by atoms with van der Waals surface area (Å²) in [6, 6.07) is 13.2. The average molecular weight is 565 g/mol. The highest BCUT2D eigenvalue weighted by Gasteiger charge is 2.36. The van der Waals surface area contributed by atoms with Crippen LogP contribution >= 0.6 is 11.6 Å². The Morgan fingerprint density at radius 3 is 2.15 bits per heavy atom. The van der Waals surface area contributed by atoms with Crippen LogP contribution in [0.25, 0.3) is 22.4 Å². The third kappa shape index (κ3) is 6.75. The highest BCUT2D eigenvalue weighted by atomic mass is 35.5. The van der Waals surface area contributed by atoms with Crippen LogP contribution in [0.15, 0.2) is 73.1 Å². The van der Waals surface area contributed by atoms with Gasteiger partial charge < -0.3 is 4.74 Å². The molecule has 0 aliphatic heterocycles. The molecule has 0 unspecified atom stereocenters. The Morgan fingerprint density at radius 1 is 0.872 bits per heavy atom. The Kier molecular flexibility index (Phi) is 7.96. The Labute approximate surface area is 224 Å². The third-order valence-electron chi connectivity index (χ3n) is 5.75. The summed E-state index contributed by atoms with van der Waals surface area (Å²) in [5, 5.41) is 0.346. The smallest absolute Gasteiger partial charge is 0.416 e. The van der Waals surface area contributed by atoms with Gasteiger partial charge in [0, 0.05) is 46.2 Å². The first-order valence-corrected chi connectivity index (χ1v) is 11.8. The molecule has 0 radical (unpaired) electrons. The van der Waals surface area contributed by atoms with Gasteiger partial charge in [0.25, 0.3) is 0 Å². The lowest BCUT2D eigenvalue weighted by molar-refractivity contribution is -0.143. The summed E-state index contributed by atoms with van der Waals surface area (Å²) in [4.78, 5) is 21.5. The maximum absolute atomic E-state index is 13.1. The van der Waals surface area contributed by atoms with E-state index in [0.717, 1.165) is 11.3 Å². The van der Waals surface area contributed by atoms with E-state index in [1.165, 1.54) is 6.20 Å². The molecule has 0 saturated carbocycles. The minimum absolute atomic E-state index is 0.0256. The number of benzene rings is 2. The number of aromatic nitrogens is 2. The number of pyridine rings is 2. The van der Waals surface area contributed by atoms with Crippen LogP contribution in [0.2, 0.25) is 5.02 Å². The highest BCUT2D eigenvalue weighted by Crippen LogP contribution is 2.37. The van der Waals surface area contributed by atoms with Gasteiger partial charge in [0.1, 0.15) is 0 Å². The summed E-state index contributed by atoms with van der Waals surface area (Å²) in [7, 11) is 0. The first-order valence-electron chi connectivity index (χ1n) is 11.5. The predicted octanol–water partition coefficient (Wildman–Crippen LogP) is 8.21. The number of carbonyl (C=O) groups is 1. The SMILES string of the molecule is Cc1cc(-c2cc(-c3ccccc3Cl)c(C(=O)OCCc3cc(C(F)(F)F)cc(C(F)(F)F)c3)cn2)ccn1. The molecule has 0 bridgehead atoms. The molecular formula is C28H19ClF6N2O2. The molecule has 0 fully saturated rings. The van der Waals surface area contributed by atoms with E-state index >= 15 is 0 Å². The molecule has 4 rings (SSSR count). The van der Waals surface area contributed by atoms with Crippen molar-refractivity contribution < 1.29 is 35.9 Å². The van der Waals surface area contributed by atoms with Crippen molar-refractivity contribution in [2.24, 2.45) is 0 Å². The summed E-state index contributed by atoms with van der Waals surface area (Å²) in [5.74, 6) is -0.863. The summed E-state index contributed by atoms with van der Waals surface area (Å²) in [6.07, 6.45) is -7.42. The number of alkyl halides is 6. The predicted molar refractivity (Wildman–Crippen MR) is 133 cm³/mol. The quantitative estimate of drug-likeness (QED) is 0.175. The fourth-order valence-electron chi connectivity index (χ4n) is 3.89. The molecule has 4 nitrogen and oxygen atoms in total. The molecule has 4 aromatic rings. The lowest BCUT2D eigenvalue weighted by Gasteiger charge is -2.15. The van der Waals surface area contributed by atoms with E-state index in [4.69, 9.17) is 16.3 Å². The van der Waals surface area contributed by atoms with Crippen LogP contribution in [-0.2, 0) is 23.5 Å². The molecule has 202 valence electrons. The van der Waals surface area contributed by atoms with Crippen molar-refractivity contribution in [3.63, 3.8) is 0 Å². The van der Waals surface area contributed by atoms with E-state index in [-0.39, 0.29) is 23.6 Å². The number of rotatable bonds is 6. The maximum Gasteiger partial charge on any atom is 0.416 e. The molecule has 2 aromatic carbocycles. The molecule has 2 aromatic heterocycles. The van der Waals surface area contributed by atoms with E-state index in [2.05, 4.69) is 9.97 Å². The van der Waals surface area contributed by atoms with Gasteiger partial charge in [-0.15, -0.1) is 0 Å². The van der Waals surface area contributed by atoms with Gasteiger partial charge >= 0.3 is 18.3 Å². The van der Waals surface area contributed by atoms with Crippen LogP contribution in [0.1, 0.15) is 32.7 Å². The molecule has 0 amide bonds. The fourth-order valence-corrected chi connectivity index (χ4v) is 4.12. The van der Waals surface area contributed by atoms with Crippen LogP contribution in [0.3, 0.4) is 0 Å². The second-order valence-corrected chi connectivity index (χ2v) is 8.99. The number of ether oxygens (including phenoxy) is 1. The monoisotopic (exact) mass is 564 g/mol. The number of hydrogen-bond donors (Lipinski definition) is 0. The van der Waals surface area contributed by atoms with Crippen LogP contribution in [0, 0.1) is 6.92 Å². The van der Waals surface area contributed by atoms with Gasteiger partial charge in [-0.25, -0.2) is 4.79 Å². The number of hydrogen-bond acceptors (Lipinski definition) is 4. The molecule has 0 spiro atoms. The number of halogens is 7. The fraction of sp³-hybridized carbons (Fsp3) is 0.179. The van der Waals surface area contributed by atoms with Crippen LogP contribution < -0.4 is 0 Å². The van der Waals surface area contributed by atoms with Gasteiger partial charge in [-0.1, -0.05) is 29.8 Å². The zero-order valence-electron chi connectivity index (χ0n) is 20.2. The average Bonchev–Trinajstić information content (AvgIpc) is 2.87. The van der Waals surface area contributed by atoms with Crippen molar-refractivity contribution in [3.8, 4) is 22.4 Å². The van der Waals surface area contributed by atoms with Crippen molar-refractivity contribution in [1.29, 1.82) is 0 Å². The zero-order valence-corrected chi connectivity index (χ0v) is 21.0. The largest absolute Gasteiger partial charge is 0.462 e. The van der Waals surface area contributed by atoms with Crippen molar-refractivity contribution in [1.82, 2.24) is 9.97 Å². The van der Waals surface area contributed by atoms with Gasteiger partial charge in [-0.2, -0.15) is 26.3 Å². The van der Waals surface area contributed by atoms with E-state index in [9.17, 15) is 31.1 Å². The van der Waals surface area contributed by atoms with Crippen molar-refractivity contribution in [3.05, 3.63) is 106 Å². The second kappa shape index (κ2) is 11.1. The lowest BCUT2D eigenvalue weighted by Crippen LogP contribution is -2.14. The Balaban J connectivity index is 1.62. The normalized spacial score (nSPS) is 11.9. The molecule has 0 aliphatic carbocycles. The molecule has 0 N–H and O–H groups in total. The highest BCUT2D eigenvalue weighted by molar-refractivity contribution is 6.33. The first-order chi connectivity index (χ1) is 18.3. The molecule has 0 atom stereocenters. The van der Waals surface area contributed by atoms with Crippen molar-refractivity contribution in [2.45, 2.75) is 25.7 Å². The van der Waals surface area contributed by atoms with Gasteiger partial charge in [-0.3, -0.25) is 9.97 Å². The third-order valence-corrected chi connectivity index (χ3v) is 6.08. The Hall–Kier alpha value is -3.92. The topological polar surface area (TPSA) is 52.1 Å². The van der Waals surface area contributed by atoms with Crippen molar-refractivity contribution in [2.75, 3.05) is 6.61 Å². The minimum Gasteiger partial charge on any atom is -0.462 e. The second-order valence-electron chi connectivity index (χ2n) is 8.58. The number of carbonyl (C=O) groups excluding carboxylic acids is 1. The molecule has 0 saturated heterocycles. The summed E-state index contributed by atoms with van der Waals surface area (Å²) in [6.45, 7) is 1.34. The lowest BCUT2D eigenvalue weighted by atomic mass is 9.98.